The largest absolute Gasteiger partial charge is 0.508 e. The van der Waals surface area contributed by atoms with E-state index in [2.05, 4.69) is 15.4 Å². The van der Waals surface area contributed by atoms with Gasteiger partial charge in [-0.05, 0) is 25.0 Å². The third-order valence-electron chi connectivity index (χ3n) is 4.34. The molecule has 0 saturated carbocycles. The van der Waals surface area contributed by atoms with E-state index in [-0.39, 0.29) is 24.9 Å². The van der Waals surface area contributed by atoms with E-state index in [1.165, 1.54) is 6.33 Å². The summed E-state index contributed by atoms with van der Waals surface area (Å²) in [5.74, 6) is 0.433. The van der Waals surface area contributed by atoms with Crippen molar-refractivity contribution >= 4 is 17.5 Å². The summed E-state index contributed by atoms with van der Waals surface area (Å²) in [6, 6.07) is 3.81. The van der Waals surface area contributed by atoms with Gasteiger partial charge in [0.1, 0.15) is 30.7 Å². The Morgan fingerprint density at radius 3 is 3.08 bits per heavy atom. The predicted octanol–water partition coefficient (Wildman–Crippen LogP) is 0.657. The summed E-state index contributed by atoms with van der Waals surface area (Å²) in [7, 11) is 0. The SMILES string of the molecule is Nc1ncnn2c(C3CCC(COC(=O)OC4CNC4)O3)ccc12. The van der Waals surface area contributed by atoms with E-state index in [9.17, 15) is 4.79 Å². The molecule has 2 aromatic rings. The maximum atomic E-state index is 11.6. The molecule has 2 atom stereocenters. The topological polar surface area (TPSA) is 113 Å². The number of hydrogen-bond donors (Lipinski definition) is 2. The Labute approximate surface area is 138 Å². The number of carbonyl (C=O) groups is 1. The average Bonchev–Trinajstić information content (AvgIpc) is 3.16. The Hall–Kier alpha value is -2.39. The van der Waals surface area contributed by atoms with Crippen LogP contribution < -0.4 is 11.1 Å². The predicted molar refractivity (Wildman–Crippen MR) is 83.3 cm³/mol. The summed E-state index contributed by atoms with van der Waals surface area (Å²) in [6.45, 7) is 1.56. The summed E-state index contributed by atoms with van der Waals surface area (Å²) >= 11 is 0. The molecule has 2 unspecified atom stereocenters. The van der Waals surface area contributed by atoms with Crippen molar-refractivity contribution < 1.29 is 19.0 Å². The van der Waals surface area contributed by atoms with Crippen molar-refractivity contribution in [1.29, 1.82) is 0 Å². The molecule has 3 N–H and O–H groups in total. The van der Waals surface area contributed by atoms with E-state index in [1.807, 2.05) is 12.1 Å². The molecule has 0 aromatic carbocycles. The number of nitrogen functional groups attached to an aromatic ring is 1. The van der Waals surface area contributed by atoms with Crippen molar-refractivity contribution in [2.24, 2.45) is 0 Å². The maximum absolute atomic E-state index is 11.6. The number of nitrogens with zero attached hydrogens (tertiary/aromatic N) is 3. The van der Waals surface area contributed by atoms with Gasteiger partial charge in [0.15, 0.2) is 5.82 Å². The van der Waals surface area contributed by atoms with Crippen LogP contribution in [0.2, 0.25) is 0 Å². The van der Waals surface area contributed by atoms with Crippen LogP contribution >= 0.6 is 0 Å². The molecular weight excluding hydrogens is 314 g/mol. The van der Waals surface area contributed by atoms with Crippen LogP contribution in [-0.4, -0.2) is 52.7 Å². The normalized spacial score (nSPS) is 24.0. The van der Waals surface area contributed by atoms with E-state index in [1.54, 1.807) is 4.52 Å². The molecule has 9 heteroatoms. The van der Waals surface area contributed by atoms with E-state index < -0.39 is 6.16 Å². The van der Waals surface area contributed by atoms with Crippen molar-refractivity contribution in [3.8, 4) is 0 Å². The van der Waals surface area contributed by atoms with Gasteiger partial charge in [-0.1, -0.05) is 0 Å². The zero-order chi connectivity index (χ0) is 16.5. The van der Waals surface area contributed by atoms with Crippen molar-refractivity contribution in [1.82, 2.24) is 19.9 Å². The van der Waals surface area contributed by atoms with Gasteiger partial charge in [0.05, 0.1) is 11.8 Å². The summed E-state index contributed by atoms with van der Waals surface area (Å²) in [6.07, 6.45) is 2.08. The minimum Gasteiger partial charge on any atom is -0.432 e. The number of ether oxygens (including phenoxy) is 3. The number of aromatic nitrogens is 3. The Kier molecular flexibility index (Phi) is 3.95. The molecule has 0 bridgehead atoms. The molecule has 4 rings (SSSR count). The second kappa shape index (κ2) is 6.25. The number of rotatable bonds is 4. The van der Waals surface area contributed by atoms with Crippen molar-refractivity contribution in [2.75, 3.05) is 25.4 Å². The third kappa shape index (κ3) is 2.87. The second-order valence-corrected chi connectivity index (χ2v) is 5.98. The molecule has 0 spiro atoms. The van der Waals surface area contributed by atoms with E-state index >= 15 is 0 Å². The lowest BCUT2D eigenvalue weighted by Crippen LogP contribution is -2.49. The molecule has 2 aromatic heterocycles. The van der Waals surface area contributed by atoms with Crippen LogP contribution in [0.15, 0.2) is 18.5 Å². The van der Waals surface area contributed by atoms with Gasteiger partial charge in [0, 0.05) is 13.1 Å². The first-order valence-corrected chi connectivity index (χ1v) is 7.98. The number of nitrogens with two attached hydrogens (primary N) is 1. The van der Waals surface area contributed by atoms with Crippen molar-refractivity contribution in [3.63, 3.8) is 0 Å². The molecule has 2 fully saturated rings. The Morgan fingerprint density at radius 1 is 1.42 bits per heavy atom. The van der Waals surface area contributed by atoms with Gasteiger partial charge in [-0.25, -0.2) is 14.3 Å². The van der Waals surface area contributed by atoms with Crippen LogP contribution in [0.5, 0.6) is 0 Å². The average molecular weight is 333 g/mol. The highest BCUT2D eigenvalue weighted by Gasteiger charge is 2.30. The Balaban J connectivity index is 1.34. The van der Waals surface area contributed by atoms with Crippen LogP contribution in [0.25, 0.3) is 5.52 Å². The molecule has 2 saturated heterocycles. The minimum atomic E-state index is -0.637. The minimum absolute atomic E-state index is 0.0769. The molecule has 24 heavy (non-hydrogen) atoms. The number of carbonyl (C=O) groups excluding carboxylic acids is 1. The number of fused-ring (bicyclic) bond motifs is 1. The van der Waals surface area contributed by atoms with Gasteiger partial charge >= 0.3 is 6.16 Å². The molecule has 128 valence electrons. The van der Waals surface area contributed by atoms with Crippen LogP contribution in [-0.2, 0) is 14.2 Å². The Bertz CT molecular complexity index is 745. The van der Waals surface area contributed by atoms with Gasteiger partial charge in [0.25, 0.3) is 0 Å². The molecule has 2 aliphatic heterocycles. The molecular formula is C15H19N5O4. The van der Waals surface area contributed by atoms with E-state index in [0.29, 0.717) is 18.9 Å². The number of nitrogens with one attached hydrogen (secondary N) is 1. The highest BCUT2D eigenvalue weighted by atomic mass is 16.7. The molecule has 0 aliphatic carbocycles. The first-order chi connectivity index (χ1) is 11.7. The van der Waals surface area contributed by atoms with Gasteiger partial charge in [-0.15, -0.1) is 0 Å². The van der Waals surface area contributed by atoms with E-state index in [0.717, 1.165) is 24.1 Å². The first-order valence-electron chi connectivity index (χ1n) is 7.98. The van der Waals surface area contributed by atoms with Crippen LogP contribution in [0.3, 0.4) is 0 Å². The lowest BCUT2D eigenvalue weighted by Gasteiger charge is -2.26. The standard InChI is InChI=1S/C15H19N5O4/c16-14-12-3-2-11(20(12)19-8-18-14)13-4-1-9(23-13)7-22-15(21)24-10-5-17-6-10/h2-3,8-10,13,17H,1,4-7H2,(H2,16,18,19). The summed E-state index contributed by atoms with van der Waals surface area (Å²) in [5, 5.41) is 7.25. The zero-order valence-electron chi connectivity index (χ0n) is 13.1. The van der Waals surface area contributed by atoms with Gasteiger partial charge < -0.3 is 25.3 Å². The first kappa shape index (κ1) is 15.2. The number of hydrogen-bond acceptors (Lipinski definition) is 8. The maximum Gasteiger partial charge on any atom is 0.508 e. The fraction of sp³-hybridized carbons (Fsp3) is 0.533. The molecule has 4 heterocycles. The Morgan fingerprint density at radius 2 is 2.29 bits per heavy atom. The van der Waals surface area contributed by atoms with Gasteiger partial charge in [0.2, 0.25) is 0 Å². The molecule has 0 radical (unpaired) electrons. The summed E-state index contributed by atoms with van der Waals surface area (Å²) < 4.78 is 18.0. The lowest BCUT2D eigenvalue weighted by molar-refractivity contribution is -0.0338. The molecule has 2 aliphatic rings. The van der Waals surface area contributed by atoms with Gasteiger partial charge in [-0.3, -0.25) is 0 Å². The fourth-order valence-corrected chi connectivity index (χ4v) is 2.94. The van der Waals surface area contributed by atoms with Crippen LogP contribution in [0.1, 0.15) is 24.6 Å². The zero-order valence-corrected chi connectivity index (χ0v) is 13.1. The fourth-order valence-electron chi connectivity index (χ4n) is 2.94. The van der Waals surface area contributed by atoms with Crippen molar-refractivity contribution in [3.05, 3.63) is 24.2 Å². The summed E-state index contributed by atoms with van der Waals surface area (Å²) in [4.78, 5) is 15.5. The smallest absolute Gasteiger partial charge is 0.432 e. The highest BCUT2D eigenvalue weighted by molar-refractivity contribution is 5.65. The highest BCUT2D eigenvalue weighted by Crippen LogP contribution is 2.33. The number of anilines is 1. The van der Waals surface area contributed by atoms with Crippen LogP contribution in [0.4, 0.5) is 10.6 Å². The van der Waals surface area contributed by atoms with Gasteiger partial charge in [-0.2, -0.15) is 5.10 Å². The van der Waals surface area contributed by atoms with Crippen molar-refractivity contribution in [2.45, 2.75) is 31.2 Å². The lowest BCUT2D eigenvalue weighted by atomic mass is 10.1. The monoisotopic (exact) mass is 333 g/mol. The van der Waals surface area contributed by atoms with E-state index in [4.69, 9.17) is 19.9 Å². The quantitative estimate of drug-likeness (QED) is 0.785. The molecule has 0 amide bonds. The summed E-state index contributed by atoms with van der Waals surface area (Å²) in [5.41, 5.74) is 7.52. The van der Waals surface area contributed by atoms with Crippen LogP contribution in [0, 0.1) is 0 Å². The second-order valence-electron chi connectivity index (χ2n) is 5.98. The third-order valence-corrected chi connectivity index (χ3v) is 4.34. The molecule has 9 nitrogen and oxygen atoms in total.